The van der Waals surface area contributed by atoms with Gasteiger partial charge in [0, 0.05) is 38.2 Å². The van der Waals surface area contributed by atoms with Crippen LogP contribution < -0.4 is 15.1 Å². The smallest absolute Gasteiger partial charge is 0.231 e. The van der Waals surface area contributed by atoms with Crippen molar-refractivity contribution in [3.63, 3.8) is 0 Å². The van der Waals surface area contributed by atoms with Gasteiger partial charge in [0.2, 0.25) is 11.8 Å². The Morgan fingerprint density at radius 1 is 1.17 bits per heavy atom. The maximum Gasteiger partial charge on any atom is 0.231 e. The Balaban J connectivity index is 1.65. The largest absolute Gasteiger partial charge is 0.378 e. The van der Waals surface area contributed by atoms with Gasteiger partial charge in [-0.1, -0.05) is 12.1 Å². The number of anilines is 3. The molecular formula is C19H21N3O2. The van der Waals surface area contributed by atoms with Crippen LogP contribution in [0.3, 0.4) is 0 Å². The van der Waals surface area contributed by atoms with E-state index in [1.54, 1.807) is 11.9 Å². The third-order valence-corrected chi connectivity index (χ3v) is 4.25. The number of fused-ring (bicyclic) bond motifs is 1. The number of rotatable bonds is 4. The molecule has 0 saturated carbocycles. The van der Waals surface area contributed by atoms with Crippen LogP contribution in [-0.2, 0) is 22.4 Å². The molecule has 24 heavy (non-hydrogen) atoms. The van der Waals surface area contributed by atoms with Crippen LogP contribution in [0.4, 0.5) is 17.1 Å². The monoisotopic (exact) mass is 323 g/mol. The molecule has 1 aliphatic rings. The van der Waals surface area contributed by atoms with Gasteiger partial charge in [0.25, 0.3) is 0 Å². The van der Waals surface area contributed by atoms with Crippen molar-refractivity contribution in [2.75, 3.05) is 36.3 Å². The summed E-state index contributed by atoms with van der Waals surface area (Å²) < 4.78 is 0. The number of hydrogen-bond acceptors (Lipinski definition) is 3. The van der Waals surface area contributed by atoms with Crippen LogP contribution in [-0.4, -0.2) is 33.0 Å². The molecule has 0 bridgehead atoms. The molecule has 0 spiro atoms. The van der Waals surface area contributed by atoms with E-state index in [1.165, 1.54) is 0 Å². The Hall–Kier alpha value is -2.82. The van der Waals surface area contributed by atoms with Gasteiger partial charge in [-0.25, -0.2) is 0 Å². The molecule has 3 rings (SSSR count). The Morgan fingerprint density at radius 2 is 1.88 bits per heavy atom. The minimum atomic E-state index is -0.0646. The standard InChI is InChI=1S/C19H21N3O2/c1-21(2)16-7-5-15(6-8-16)20-18(23)11-13-4-9-17-14(10-13)12-19(24)22(17)3/h4-10H,11-12H2,1-3H3,(H,20,23). The molecule has 0 aromatic heterocycles. The topological polar surface area (TPSA) is 52.7 Å². The number of carbonyl (C=O) groups is 2. The first kappa shape index (κ1) is 16.1. The van der Waals surface area contributed by atoms with E-state index in [0.717, 1.165) is 28.2 Å². The Morgan fingerprint density at radius 3 is 2.54 bits per heavy atom. The fourth-order valence-corrected chi connectivity index (χ4v) is 2.87. The zero-order valence-corrected chi connectivity index (χ0v) is 14.2. The lowest BCUT2D eigenvalue weighted by Crippen LogP contribution is -2.20. The molecule has 2 amide bonds. The van der Waals surface area contributed by atoms with Crippen LogP contribution in [0.25, 0.3) is 0 Å². The Bertz CT molecular complexity index is 782. The second-order valence-corrected chi connectivity index (χ2v) is 6.26. The predicted molar refractivity (Wildman–Crippen MR) is 96.7 cm³/mol. The third-order valence-electron chi connectivity index (χ3n) is 4.25. The van der Waals surface area contributed by atoms with E-state index in [2.05, 4.69) is 5.32 Å². The van der Waals surface area contributed by atoms with Gasteiger partial charge in [-0.3, -0.25) is 9.59 Å². The van der Waals surface area contributed by atoms with Crippen molar-refractivity contribution in [1.82, 2.24) is 0 Å². The molecule has 0 saturated heterocycles. The van der Waals surface area contributed by atoms with Crippen molar-refractivity contribution in [3.8, 4) is 0 Å². The lowest BCUT2D eigenvalue weighted by molar-refractivity contribution is -0.117. The molecule has 0 radical (unpaired) electrons. The normalized spacial score (nSPS) is 13.0. The molecule has 1 N–H and O–H groups in total. The summed E-state index contributed by atoms with van der Waals surface area (Å²) in [6, 6.07) is 13.5. The van der Waals surface area contributed by atoms with Crippen molar-refractivity contribution >= 4 is 28.9 Å². The third kappa shape index (κ3) is 3.25. The van der Waals surface area contributed by atoms with Crippen molar-refractivity contribution in [2.24, 2.45) is 0 Å². The second kappa shape index (κ2) is 6.35. The van der Waals surface area contributed by atoms with E-state index < -0.39 is 0 Å². The first-order chi connectivity index (χ1) is 11.4. The van der Waals surface area contributed by atoms with Crippen LogP contribution >= 0.6 is 0 Å². The van der Waals surface area contributed by atoms with Crippen molar-refractivity contribution < 1.29 is 9.59 Å². The lowest BCUT2D eigenvalue weighted by Gasteiger charge is -2.13. The number of likely N-dealkylation sites (N-methyl/N-ethyl adjacent to an activating group) is 1. The fraction of sp³-hybridized carbons (Fsp3) is 0.263. The molecule has 0 fully saturated rings. The highest BCUT2D eigenvalue weighted by atomic mass is 16.2. The summed E-state index contributed by atoms with van der Waals surface area (Å²) in [6.45, 7) is 0. The maximum atomic E-state index is 12.2. The van der Waals surface area contributed by atoms with Gasteiger partial charge < -0.3 is 15.1 Å². The number of hydrogen-bond donors (Lipinski definition) is 1. The van der Waals surface area contributed by atoms with Crippen molar-refractivity contribution in [3.05, 3.63) is 53.6 Å². The van der Waals surface area contributed by atoms with Gasteiger partial charge in [0.15, 0.2) is 0 Å². The molecule has 5 nitrogen and oxygen atoms in total. The molecule has 1 aliphatic heterocycles. The minimum Gasteiger partial charge on any atom is -0.378 e. The van der Waals surface area contributed by atoms with Gasteiger partial charge in [0.1, 0.15) is 0 Å². The Kier molecular flexibility index (Phi) is 4.25. The highest BCUT2D eigenvalue weighted by Gasteiger charge is 2.24. The SMILES string of the molecule is CN(C)c1ccc(NC(=O)Cc2ccc3c(c2)CC(=O)N3C)cc1. The summed E-state index contributed by atoms with van der Waals surface area (Å²) >= 11 is 0. The minimum absolute atomic E-state index is 0.0646. The van der Waals surface area contributed by atoms with Gasteiger partial charge in [-0.15, -0.1) is 0 Å². The summed E-state index contributed by atoms with van der Waals surface area (Å²) in [5.41, 5.74) is 4.70. The van der Waals surface area contributed by atoms with Crippen LogP contribution in [0.2, 0.25) is 0 Å². The average molecular weight is 323 g/mol. The molecule has 2 aromatic rings. The van der Waals surface area contributed by atoms with E-state index in [1.807, 2.05) is 61.5 Å². The fourth-order valence-electron chi connectivity index (χ4n) is 2.87. The number of nitrogens with one attached hydrogen (secondary N) is 1. The molecule has 0 aliphatic carbocycles. The molecule has 124 valence electrons. The van der Waals surface area contributed by atoms with Crippen molar-refractivity contribution in [2.45, 2.75) is 12.8 Å². The molecule has 2 aromatic carbocycles. The quantitative estimate of drug-likeness (QED) is 0.940. The van der Waals surface area contributed by atoms with E-state index in [-0.39, 0.29) is 11.8 Å². The maximum absolute atomic E-state index is 12.2. The Labute approximate surface area is 141 Å². The van der Waals surface area contributed by atoms with Crippen molar-refractivity contribution in [1.29, 1.82) is 0 Å². The first-order valence-corrected chi connectivity index (χ1v) is 7.89. The summed E-state index contributed by atoms with van der Waals surface area (Å²) in [6.07, 6.45) is 0.702. The molecule has 0 atom stereocenters. The summed E-state index contributed by atoms with van der Waals surface area (Å²) in [5.74, 6) is 0.0258. The van der Waals surface area contributed by atoms with Gasteiger partial charge in [0.05, 0.1) is 12.8 Å². The van der Waals surface area contributed by atoms with Crippen LogP contribution in [0.15, 0.2) is 42.5 Å². The van der Waals surface area contributed by atoms with Crippen LogP contribution in [0, 0.1) is 0 Å². The number of amides is 2. The van der Waals surface area contributed by atoms with E-state index >= 15 is 0 Å². The van der Waals surface area contributed by atoms with Gasteiger partial charge in [-0.05, 0) is 41.5 Å². The van der Waals surface area contributed by atoms with Crippen LogP contribution in [0.1, 0.15) is 11.1 Å². The summed E-state index contributed by atoms with van der Waals surface area (Å²) in [5, 5.41) is 2.91. The lowest BCUT2D eigenvalue weighted by atomic mass is 10.1. The summed E-state index contributed by atoms with van der Waals surface area (Å²) in [7, 11) is 5.73. The summed E-state index contributed by atoms with van der Waals surface area (Å²) in [4.78, 5) is 27.6. The van der Waals surface area contributed by atoms with Crippen LogP contribution in [0.5, 0.6) is 0 Å². The van der Waals surface area contributed by atoms with Gasteiger partial charge in [-0.2, -0.15) is 0 Å². The predicted octanol–water partition coefficient (Wildman–Crippen LogP) is 2.45. The highest BCUT2D eigenvalue weighted by Crippen LogP contribution is 2.28. The number of nitrogens with zero attached hydrogens (tertiary/aromatic N) is 2. The number of benzene rings is 2. The van der Waals surface area contributed by atoms with E-state index in [4.69, 9.17) is 0 Å². The van der Waals surface area contributed by atoms with E-state index in [0.29, 0.717) is 12.8 Å². The number of carbonyl (C=O) groups excluding carboxylic acids is 2. The zero-order chi connectivity index (χ0) is 17.3. The highest BCUT2D eigenvalue weighted by molar-refractivity contribution is 6.01. The molecular weight excluding hydrogens is 302 g/mol. The first-order valence-electron chi connectivity index (χ1n) is 7.89. The second-order valence-electron chi connectivity index (χ2n) is 6.26. The molecule has 0 unspecified atom stereocenters. The van der Waals surface area contributed by atoms with E-state index in [9.17, 15) is 9.59 Å². The zero-order valence-electron chi connectivity index (χ0n) is 14.2. The average Bonchev–Trinajstić information content (AvgIpc) is 2.82. The van der Waals surface area contributed by atoms with Gasteiger partial charge >= 0.3 is 0 Å². The molecule has 1 heterocycles. The molecule has 5 heteroatoms.